The molecule has 0 aliphatic heterocycles. The summed E-state index contributed by atoms with van der Waals surface area (Å²) in [5, 5.41) is 7.93. The van der Waals surface area contributed by atoms with Crippen LogP contribution in [0.4, 0.5) is 0 Å². The minimum Gasteiger partial charge on any atom is -0.412 e. The lowest BCUT2D eigenvalue weighted by atomic mass is 10.3. The van der Waals surface area contributed by atoms with E-state index in [1.165, 1.54) is 0 Å². The van der Waals surface area contributed by atoms with E-state index in [2.05, 4.69) is 19.6 Å². The molecule has 2 atom stereocenters. The highest BCUT2D eigenvalue weighted by molar-refractivity contribution is 6.69. The van der Waals surface area contributed by atoms with Gasteiger partial charge in [0.05, 0.1) is 12.2 Å². The Labute approximate surface area is 74.2 Å². The van der Waals surface area contributed by atoms with Gasteiger partial charge in [0.25, 0.3) is 0 Å². The van der Waals surface area contributed by atoms with E-state index >= 15 is 0 Å². The Kier molecular flexibility index (Phi) is 4.08. The number of rotatable bonds is 3. The summed E-state index contributed by atoms with van der Waals surface area (Å²) in [7, 11) is -1.53. The number of alkyl halides is 1. The van der Waals surface area contributed by atoms with Crippen LogP contribution in [-0.4, -0.2) is 19.8 Å². The number of hydrogen-bond acceptors (Lipinski definition) is 2. The third-order valence-corrected chi connectivity index (χ3v) is 2.61. The fraction of sp³-hybridized carbons (Fsp3) is 0.857. The smallest absolute Gasteiger partial charge is 0.184 e. The highest BCUT2D eigenvalue weighted by atomic mass is 35.5. The second-order valence-electron chi connectivity index (χ2n) is 3.47. The molecule has 0 bridgehead atoms. The normalized spacial score (nSPS) is 17.1. The molecule has 2 unspecified atom stereocenters. The molecule has 0 saturated heterocycles. The van der Waals surface area contributed by atoms with Crippen molar-refractivity contribution in [3.8, 4) is 6.07 Å². The van der Waals surface area contributed by atoms with Gasteiger partial charge in [0.2, 0.25) is 0 Å². The van der Waals surface area contributed by atoms with E-state index in [4.69, 9.17) is 21.3 Å². The van der Waals surface area contributed by atoms with Gasteiger partial charge >= 0.3 is 0 Å². The highest BCUT2D eigenvalue weighted by Gasteiger charge is 2.22. The summed E-state index contributed by atoms with van der Waals surface area (Å²) in [6.45, 7) is 8.05. The van der Waals surface area contributed by atoms with Crippen LogP contribution in [0.15, 0.2) is 0 Å². The Morgan fingerprint density at radius 3 is 2.18 bits per heavy atom. The van der Waals surface area contributed by atoms with Crippen LogP contribution in [0.1, 0.15) is 6.92 Å². The predicted octanol–water partition coefficient (Wildman–Crippen LogP) is 2.36. The molecule has 0 amide bonds. The van der Waals surface area contributed by atoms with Crippen LogP contribution in [0.3, 0.4) is 0 Å². The highest BCUT2D eigenvalue weighted by Crippen LogP contribution is 2.12. The van der Waals surface area contributed by atoms with Crippen molar-refractivity contribution in [1.29, 1.82) is 5.26 Å². The summed E-state index contributed by atoms with van der Waals surface area (Å²) < 4.78 is 5.57. The quantitative estimate of drug-likeness (QED) is 0.507. The van der Waals surface area contributed by atoms with E-state index < -0.39 is 13.7 Å². The zero-order valence-electron chi connectivity index (χ0n) is 7.39. The summed E-state index contributed by atoms with van der Waals surface area (Å²) >= 11 is 5.66. The molecule has 0 aromatic carbocycles. The van der Waals surface area contributed by atoms with Crippen LogP contribution >= 0.6 is 11.6 Å². The van der Waals surface area contributed by atoms with Gasteiger partial charge < -0.3 is 4.43 Å². The van der Waals surface area contributed by atoms with Crippen molar-refractivity contribution in [1.82, 2.24) is 0 Å². The fourth-order valence-electron chi connectivity index (χ4n) is 0.722. The molecule has 4 heteroatoms. The third kappa shape index (κ3) is 5.25. The standard InChI is InChI=1S/C7H14ClNOSi/c1-6(7(8)5-9)10-11(2,3)4/h6-7H,1-4H3. The minimum atomic E-state index is -1.53. The molecule has 0 N–H and O–H groups in total. The molecule has 11 heavy (non-hydrogen) atoms. The second-order valence-corrected chi connectivity index (χ2v) is 8.40. The average Bonchev–Trinajstić information content (AvgIpc) is 1.82. The van der Waals surface area contributed by atoms with Gasteiger partial charge in [0, 0.05) is 0 Å². The first-order chi connectivity index (χ1) is 4.87. The summed E-state index contributed by atoms with van der Waals surface area (Å²) in [4.78, 5) is 0. The number of hydrogen-bond donors (Lipinski definition) is 0. The summed E-state index contributed by atoms with van der Waals surface area (Å²) in [6.07, 6.45) is -0.159. The largest absolute Gasteiger partial charge is 0.412 e. The van der Waals surface area contributed by atoms with Crippen molar-refractivity contribution in [2.75, 3.05) is 0 Å². The second kappa shape index (κ2) is 4.10. The van der Waals surface area contributed by atoms with E-state index in [1.54, 1.807) is 0 Å². The maximum absolute atomic E-state index is 8.46. The van der Waals surface area contributed by atoms with Crippen molar-refractivity contribution in [3.05, 3.63) is 0 Å². The molecule has 0 spiro atoms. The first-order valence-electron chi connectivity index (χ1n) is 3.58. The van der Waals surface area contributed by atoms with Crippen molar-refractivity contribution in [3.63, 3.8) is 0 Å². The number of nitriles is 1. The molecule has 0 aliphatic rings. The molecular weight excluding hydrogens is 178 g/mol. The van der Waals surface area contributed by atoms with Crippen LogP contribution in [0.25, 0.3) is 0 Å². The monoisotopic (exact) mass is 191 g/mol. The zero-order chi connectivity index (χ0) is 9.07. The van der Waals surface area contributed by atoms with E-state index in [0.29, 0.717) is 0 Å². The van der Waals surface area contributed by atoms with E-state index in [-0.39, 0.29) is 6.10 Å². The average molecular weight is 192 g/mol. The van der Waals surface area contributed by atoms with Crippen LogP contribution in [0.5, 0.6) is 0 Å². The molecule has 0 rings (SSSR count). The Balaban J connectivity index is 3.90. The van der Waals surface area contributed by atoms with Crippen molar-refractivity contribution >= 4 is 19.9 Å². The molecule has 64 valence electrons. The molecule has 0 aliphatic carbocycles. The zero-order valence-corrected chi connectivity index (χ0v) is 9.14. The van der Waals surface area contributed by atoms with Gasteiger partial charge in [-0.05, 0) is 26.6 Å². The molecule has 0 fully saturated rings. The van der Waals surface area contributed by atoms with E-state index in [9.17, 15) is 0 Å². The van der Waals surface area contributed by atoms with Crippen molar-refractivity contribution in [2.24, 2.45) is 0 Å². The lowest BCUT2D eigenvalue weighted by Gasteiger charge is -2.23. The van der Waals surface area contributed by atoms with Gasteiger partial charge in [-0.1, -0.05) is 0 Å². The summed E-state index contributed by atoms with van der Waals surface area (Å²) in [5.41, 5.74) is 0. The maximum Gasteiger partial charge on any atom is 0.184 e. The van der Waals surface area contributed by atoms with Crippen LogP contribution in [0, 0.1) is 11.3 Å². The van der Waals surface area contributed by atoms with Gasteiger partial charge in [-0.2, -0.15) is 5.26 Å². The van der Waals surface area contributed by atoms with Crippen LogP contribution in [0.2, 0.25) is 19.6 Å². The fourth-order valence-corrected chi connectivity index (χ4v) is 2.11. The first-order valence-corrected chi connectivity index (χ1v) is 7.43. The van der Waals surface area contributed by atoms with Crippen molar-refractivity contribution < 1.29 is 4.43 Å². The molecular formula is C7H14ClNOSi. The van der Waals surface area contributed by atoms with Gasteiger partial charge in [0.15, 0.2) is 8.32 Å². The molecule has 0 saturated carbocycles. The van der Waals surface area contributed by atoms with Crippen LogP contribution < -0.4 is 0 Å². The number of nitrogens with zero attached hydrogens (tertiary/aromatic N) is 1. The summed E-state index contributed by atoms with van der Waals surface area (Å²) in [6, 6.07) is 1.95. The molecule has 0 radical (unpaired) electrons. The lowest BCUT2D eigenvalue weighted by molar-refractivity contribution is 0.222. The topological polar surface area (TPSA) is 33.0 Å². The van der Waals surface area contributed by atoms with Gasteiger partial charge in [0.1, 0.15) is 5.38 Å². The maximum atomic E-state index is 8.46. The Bertz CT molecular complexity index is 161. The molecule has 2 nitrogen and oxygen atoms in total. The minimum absolute atomic E-state index is 0.159. The first kappa shape index (κ1) is 11.0. The van der Waals surface area contributed by atoms with Crippen LogP contribution in [-0.2, 0) is 4.43 Å². The molecule has 0 heterocycles. The van der Waals surface area contributed by atoms with Crippen molar-refractivity contribution in [2.45, 2.75) is 38.0 Å². The van der Waals surface area contributed by atoms with Gasteiger partial charge in [-0.3, -0.25) is 0 Å². The van der Waals surface area contributed by atoms with Gasteiger partial charge in [-0.15, -0.1) is 11.6 Å². The third-order valence-electron chi connectivity index (χ3n) is 1.07. The lowest BCUT2D eigenvalue weighted by Crippen LogP contribution is -2.34. The predicted molar refractivity (Wildman–Crippen MR) is 49.1 cm³/mol. The Morgan fingerprint density at radius 1 is 1.45 bits per heavy atom. The Morgan fingerprint density at radius 2 is 1.91 bits per heavy atom. The Hall–Kier alpha value is -0.0431. The molecule has 0 aromatic rings. The molecule has 0 aromatic heterocycles. The number of halogens is 1. The van der Waals surface area contributed by atoms with E-state index in [1.807, 2.05) is 13.0 Å². The van der Waals surface area contributed by atoms with Gasteiger partial charge in [-0.25, -0.2) is 0 Å². The SMILES string of the molecule is CC(O[Si](C)(C)C)C(Cl)C#N. The van der Waals surface area contributed by atoms with E-state index in [0.717, 1.165) is 0 Å². The summed E-state index contributed by atoms with van der Waals surface area (Å²) in [5.74, 6) is 0.